The Morgan fingerprint density at radius 1 is 1.50 bits per heavy atom. The molecule has 2 rings (SSSR count). The van der Waals surface area contributed by atoms with Gasteiger partial charge in [0.1, 0.15) is 16.8 Å². The summed E-state index contributed by atoms with van der Waals surface area (Å²) in [5.41, 5.74) is 0. The van der Waals surface area contributed by atoms with Crippen LogP contribution in [0.5, 0.6) is 0 Å². The van der Waals surface area contributed by atoms with Gasteiger partial charge in [-0.15, -0.1) is 0 Å². The highest BCUT2D eigenvalue weighted by Crippen LogP contribution is 2.19. The van der Waals surface area contributed by atoms with Crippen LogP contribution in [-0.4, -0.2) is 29.7 Å². The minimum atomic E-state index is 0.285. The van der Waals surface area contributed by atoms with Crippen molar-refractivity contribution in [1.29, 1.82) is 0 Å². The van der Waals surface area contributed by atoms with Gasteiger partial charge in [0.05, 0.1) is 0 Å². The molecule has 1 aliphatic heterocycles. The Hall–Kier alpha value is -0.870. The van der Waals surface area contributed by atoms with E-state index in [-0.39, 0.29) is 5.92 Å². The second-order valence-corrected chi connectivity index (χ2v) is 5.42. The monoisotopic (exact) mass is 269 g/mol. The lowest BCUT2D eigenvalue weighted by atomic mass is 10.1. The maximum Gasteiger partial charge on any atom is 0.135 e. The Morgan fingerprint density at radius 3 is 3.00 bits per heavy atom. The molecule has 1 fully saturated rings. The molecule has 1 aromatic rings. The molecule has 0 radical (unpaired) electrons. The third-order valence-electron chi connectivity index (χ3n) is 3.11. The zero-order valence-corrected chi connectivity index (χ0v) is 11.7. The molecule has 5 heteroatoms. The first-order valence-corrected chi connectivity index (χ1v) is 6.89. The highest BCUT2D eigenvalue weighted by Gasteiger charge is 2.15. The smallest absolute Gasteiger partial charge is 0.135 e. The third kappa shape index (κ3) is 3.82. The van der Waals surface area contributed by atoms with Crippen molar-refractivity contribution < 1.29 is 4.74 Å². The van der Waals surface area contributed by atoms with E-state index in [0.29, 0.717) is 11.1 Å². The lowest BCUT2D eigenvalue weighted by Gasteiger charge is -2.11. The Balaban J connectivity index is 1.88. The number of hydrogen-bond acceptors (Lipinski definition) is 4. The zero-order chi connectivity index (χ0) is 13.0. The summed E-state index contributed by atoms with van der Waals surface area (Å²) in [6.07, 6.45) is 2.28. The van der Waals surface area contributed by atoms with Crippen LogP contribution >= 0.6 is 11.6 Å². The molecule has 0 saturated carbocycles. The van der Waals surface area contributed by atoms with Crippen molar-refractivity contribution in [3.8, 4) is 0 Å². The standard InChI is InChI=1S/C13H20ClN3O/c1-9(2)13-16-11(14)7-12(17-13)15-5-3-10-4-6-18-8-10/h7,9-10H,3-6,8H2,1-2H3,(H,15,16,17). The van der Waals surface area contributed by atoms with Gasteiger partial charge in [-0.2, -0.15) is 0 Å². The van der Waals surface area contributed by atoms with Crippen LogP contribution < -0.4 is 5.32 Å². The summed E-state index contributed by atoms with van der Waals surface area (Å²) in [6.45, 7) is 6.82. The van der Waals surface area contributed by atoms with Crippen molar-refractivity contribution in [3.63, 3.8) is 0 Å². The van der Waals surface area contributed by atoms with Crippen LogP contribution in [0.2, 0.25) is 5.15 Å². The van der Waals surface area contributed by atoms with Gasteiger partial charge < -0.3 is 10.1 Å². The SMILES string of the molecule is CC(C)c1nc(Cl)cc(NCCC2CCOC2)n1. The highest BCUT2D eigenvalue weighted by atomic mass is 35.5. The lowest BCUT2D eigenvalue weighted by Crippen LogP contribution is -2.11. The molecule has 1 unspecified atom stereocenters. The summed E-state index contributed by atoms with van der Waals surface area (Å²) >= 11 is 5.99. The van der Waals surface area contributed by atoms with E-state index in [9.17, 15) is 0 Å². The van der Waals surface area contributed by atoms with Gasteiger partial charge in [0, 0.05) is 31.7 Å². The fourth-order valence-corrected chi connectivity index (χ4v) is 2.19. The van der Waals surface area contributed by atoms with Crippen molar-refractivity contribution >= 4 is 17.4 Å². The average molecular weight is 270 g/mol. The van der Waals surface area contributed by atoms with Gasteiger partial charge in [-0.3, -0.25) is 0 Å². The van der Waals surface area contributed by atoms with Crippen LogP contribution in [0.4, 0.5) is 5.82 Å². The van der Waals surface area contributed by atoms with Crippen molar-refractivity contribution in [2.45, 2.75) is 32.6 Å². The van der Waals surface area contributed by atoms with Crippen LogP contribution in [-0.2, 0) is 4.74 Å². The largest absolute Gasteiger partial charge is 0.381 e. The van der Waals surface area contributed by atoms with Crippen LogP contribution in [0.3, 0.4) is 0 Å². The fraction of sp³-hybridized carbons (Fsp3) is 0.692. The minimum absolute atomic E-state index is 0.285. The molecule has 18 heavy (non-hydrogen) atoms. The molecule has 0 spiro atoms. The molecule has 1 N–H and O–H groups in total. The van der Waals surface area contributed by atoms with E-state index in [4.69, 9.17) is 16.3 Å². The summed E-state index contributed by atoms with van der Waals surface area (Å²) in [4.78, 5) is 8.67. The van der Waals surface area contributed by atoms with E-state index < -0.39 is 0 Å². The lowest BCUT2D eigenvalue weighted by molar-refractivity contribution is 0.185. The molecular formula is C13H20ClN3O. The summed E-state index contributed by atoms with van der Waals surface area (Å²) in [5.74, 6) is 2.57. The van der Waals surface area contributed by atoms with E-state index in [2.05, 4.69) is 29.1 Å². The van der Waals surface area contributed by atoms with Crippen molar-refractivity contribution in [3.05, 3.63) is 17.0 Å². The van der Waals surface area contributed by atoms with Crippen molar-refractivity contribution in [2.24, 2.45) is 5.92 Å². The Labute approximate surface area is 113 Å². The third-order valence-corrected chi connectivity index (χ3v) is 3.30. The van der Waals surface area contributed by atoms with E-state index in [1.807, 2.05) is 0 Å². The number of anilines is 1. The second-order valence-electron chi connectivity index (χ2n) is 5.03. The second kappa shape index (κ2) is 6.34. The molecule has 1 atom stereocenters. The van der Waals surface area contributed by atoms with Crippen LogP contribution in [0.25, 0.3) is 0 Å². The number of halogens is 1. The van der Waals surface area contributed by atoms with Gasteiger partial charge in [-0.1, -0.05) is 25.4 Å². The fourth-order valence-electron chi connectivity index (χ4n) is 2.00. The topological polar surface area (TPSA) is 47.0 Å². The van der Waals surface area contributed by atoms with Gasteiger partial charge in [0.2, 0.25) is 0 Å². The number of hydrogen-bond donors (Lipinski definition) is 1. The number of nitrogens with zero attached hydrogens (tertiary/aromatic N) is 2. The number of nitrogens with one attached hydrogen (secondary N) is 1. The van der Waals surface area contributed by atoms with Gasteiger partial charge in [-0.05, 0) is 18.8 Å². The molecule has 0 aliphatic carbocycles. The van der Waals surface area contributed by atoms with Gasteiger partial charge >= 0.3 is 0 Å². The van der Waals surface area contributed by atoms with Crippen LogP contribution in [0, 0.1) is 5.92 Å². The molecule has 4 nitrogen and oxygen atoms in total. The zero-order valence-electron chi connectivity index (χ0n) is 10.9. The Bertz CT molecular complexity index is 392. The summed E-state index contributed by atoms with van der Waals surface area (Å²) < 4.78 is 5.36. The molecular weight excluding hydrogens is 250 g/mol. The molecule has 0 aromatic carbocycles. The molecule has 100 valence electrons. The normalized spacial score (nSPS) is 19.4. The van der Waals surface area contributed by atoms with E-state index in [1.165, 1.54) is 6.42 Å². The van der Waals surface area contributed by atoms with Crippen LogP contribution in [0.1, 0.15) is 38.4 Å². The van der Waals surface area contributed by atoms with Gasteiger partial charge in [0.25, 0.3) is 0 Å². The van der Waals surface area contributed by atoms with Crippen molar-refractivity contribution in [1.82, 2.24) is 9.97 Å². The first kappa shape index (κ1) is 13.6. The summed E-state index contributed by atoms with van der Waals surface area (Å²) in [5, 5.41) is 3.82. The average Bonchev–Trinajstić information content (AvgIpc) is 2.81. The molecule has 0 bridgehead atoms. The Morgan fingerprint density at radius 2 is 2.33 bits per heavy atom. The van der Waals surface area contributed by atoms with E-state index >= 15 is 0 Å². The van der Waals surface area contributed by atoms with Crippen molar-refractivity contribution in [2.75, 3.05) is 25.1 Å². The number of rotatable bonds is 5. The first-order valence-electron chi connectivity index (χ1n) is 6.51. The number of aromatic nitrogens is 2. The van der Waals surface area contributed by atoms with Gasteiger partial charge in [0.15, 0.2) is 0 Å². The highest BCUT2D eigenvalue weighted by molar-refractivity contribution is 6.29. The van der Waals surface area contributed by atoms with Gasteiger partial charge in [-0.25, -0.2) is 9.97 Å². The predicted octanol–water partition coefficient (Wildman–Crippen LogP) is 3.09. The van der Waals surface area contributed by atoms with E-state index in [0.717, 1.165) is 37.8 Å². The quantitative estimate of drug-likeness (QED) is 0.835. The summed E-state index contributed by atoms with van der Waals surface area (Å²) in [6, 6.07) is 1.78. The van der Waals surface area contributed by atoms with E-state index in [1.54, 1.807) is 6.07 Å². The molecule has 0 amide bonds. The first-order chi connectivity index (χ1) is 8.65. The summed E-state index contributed by atoms with van der Waals surface area (Å²) in [7, 11) is 0. The number of ether oxygens (including phenoxy) is 1. The molecule has 1 aromatic heterocycles. The Kier molecular flexibility index (Phi) is 4.78. The van der Waals surface area contributed by atoms with Crippen LogP contribution in [0.15, 0.2) is 6.07 Å². The molecule has 1 saturated heterocycles. The molecule has 2 heterocycles. The molecule has 1 aliphatic rings. The minimum Gasteiger partial charge on any atom is -0.381 e. The maximum absolute atomic E-state index is 5.99. The maximum atomic E-state index is 5.99. The predicted molar refractivity (Wildman–Crippen MR) is 73.2 cm³/mol.